The third-order valence-corrected chi connectivity index (χ3v) is 7.53. The Hall–Kier alpha value is -2.71. The van der Waals surface area contributed by atoms with Gasteiger partial charge in [-0.1, -0.05) is 50.9 Å². The lowest BCUT2D eigenvalue weighted by molar-refractivity contribution is -0.150. The molecule has 2 aromatic rings. The van der Waals surface area contributed by atoms with Gasteiger partial charge in [0.15, 0.2) is 5.75 Å². The van der Waals surface area contributed by atoms with Crippen molar-refractivity contribution in [1.82, 2.24) is 5.32 Å². The van der Waals surface area contributed by atoms with Crippen LogP contribution >= 0.6 is 50.9 Å². The maximum absolute atomic E-state index is 13.0. The molecule has 0 radical (unpaired) electrons. The number of anilines is 1. The number of methoxy groups -OCH3 is 1. The van der Waals surface area contributed by atoms with E-state index in [0.29, 0.717) is 17.9 Å². The molecular weight excluding hydrogens is 605 g/mol. The normalized spacial score (nSPS) is 17.1. The Balaban J connectivity index is 1.97. The summed E-state index contributed by atoms with van der Waals surface area (Å²) >= 11 is 17.1. The number of nitrogens with zero attached hydrogens (tertiary/aromatic N) is 1. The topological polar surface area (TPSA) is 118 Å². The van der Waals surface area contributed by atoms with Gasteiger partial charge in [0.2, 0.25) is 11.8 Å². The summed E-state index contributed by atoms with van der Waals surface area (Å²) < 4.78 is 11.2. The summed E-state index contributed by atoms with van der Waals surface area (Å²) in [6.07, 6.45) is 0. The van der Waals surface area contributed by atoms with Crippen LogP contribution in [0.3, 0.4) is 0 Å². The van der Waals surface area contributed by atoms with E-state index in [4.69, 9.17) is 32.7 Å². The second-order valence-corrected chi connectivity index (χ2v) is 10.6. The van der Waals surface area contributed by atoms with Gasteiger partial charge in [0.1, 0.15) is 5.92 Å². The number of halogens is 3. The molecule has 12 heteroatoms. The minimum absolute atomic E-state index is 0.0731. The number of nitrogens with one attached hydrogen (secondary N) is 2. The van der Waals surface area contributed by atoms with Crippen LogP contribution in [0.25, 0.3) is 0 Å². The van der Waals surface area contributed by atoms with Gasteiger partial charge in [-0.25, -0.2) is 0 Å². The van der Waals surface area contributed by atoms with Gasteiger partial charge in [-0.05, 0) is 55.3 Å². The number of rotatable bonds is 8. The average Bonchev–Trinajstić information content (AvgIpc) is 2.85. The number of nitriles is 1. The molecule has 2 N–H and O–H groups in total. The van der Waals surface area contributed by atoms with Gasteiger partial charge in [-0.3, -0.25) is 14.4 Å². The summed E-state index contributed by atoms with van der Waals surface area (Å²) in [6.45, 7) is 3.95. The monoisotopic (exact) mass is 625 g/mol. The van der Waals surface area contributed by atoms with Gasteiger partial charge in [-0.15, -0.1) is 0 Å². The van der Waals surface area contributed by atoms with E-state index >= 15 is 0 Å². The van der Waals surface area contributed by atoms with Crippen molar-refractivity contribution < 1.29 is 23.9 Å². The molecule has 2 atom stereocenters. The van der Waals surface area contributed by atoms with Crippen LogP contribution in [0.5, 0.6) is 5.75 Å². The first kappa shape index (κ1) is 28.9. The predicted octanol–water partition coefficient (Wildman–Crippen LogP) is 5.57. The lowest BCUT2D eigenvalue weighted by Crippen LogP contribution is -2.44. The molecule has 2 amide bonds. The number of carbonyl (C=O) groups excluding carboxylic acids is 3. The maximum Gasteiger partial charge on any atom is 0.319 e. The zero-order chi connectivity index (χ0) is 27.3. The Morgan fingerprint density at radius 2 is 1.92 bits per heavy atom. The van der Waals surface area contributed by atoms with Gasteiger partial charge in [0.25, 0.3) is 0 Å². The molecule has 1 heterocycles. The number of amides is 2. The number of carbonyl (C=O) groups is 3. The third-order valence-electron chi connectivity index (χ3n) is 5.46. The quantitative estimate of drug-likeness (QED) is 0.290. The lowest BCUT2D eigenvalue weighted by atomic mass is 9.78. The molecule has 0 aromatic heterocycles. The Bertz CT molecular complexity index is 1300. The summed E-state index contributed by atoms with van der Waals surface area (Å²) in [5, 5.41) is 15.9. The van der Waals surface area contributed by atoms with Crippen molar-refractivity contribution in [3.8, 4) is 11.8 Å². The Labute approximate surface area is 236 Å². The summed E-state index contributed by atoms with van der Waals surface area (Å²) in [7, 11) is 1.15. The van der Waals surface area contributed by atoms with E-state index in [0.717, 1.165) is 28.9 Å². The van der Waals surface area contributed by atoms with E-state index in [1.807, 2.05) is 13.0 Å². The average molecular weight is 627 g/mol. The maximum atomic E-state index is 13.0. The smallest absolute Gasteiger partial charge is 0.319 e. The first-order chi connectivity index (χ1) is 17.6. The molecule has 0 fully saturated rings. The summed E-state index contributed by atoms with van der Waals surface area (Å²) in [6, 6.07) is 10.5. The van der Waals surface area contributed by atoms with Crippen LogP contribution in [-0.4, -0.2) is 37.3 Å². The number of esters is 1. The molecule has 1 aliphatic rings. The predicted molar refractivity (Wildman–Crippen MR) is 147 cm³/mol. The van der Waals surface area contributed by atoms with Crippen molar-refractivity contribution in [2.24, 2.45) is 5.92 Å². The van der Waals surface area contributed by atoms with E-state index < -0.39 is 23.7 Å². The largest absolute Gasteiger partial charge is 0.491 e. The van der Waals surface area contributed by atoms with Crippen molar-refractivity contribution >= 4 is 74.4 Å². The van der Waals surface area contributed by atoms with Gasteiger partial charge < -0.3 is 20.1 Å². The molecule has 37 heavy (non-hydrogen) atoms. The van der Waals surface area contributed by atoms with Crippen molar-refractivity contribution in [3.63, 3.8) is 0 Å². The molecule has 0 saturated carbocycles. The summed E-state index contributed by atoms with van der Waals surface area (Å²) in [4.78, 5) is 38.3. The minimum Gasteiger partial charge on any atom is -0.491 e. The van der Waals surface area contributed by atoms with Crippen LogP contribution in [0, 0.1) is 24.2 Å². The fourth-order valence-corrected chi connectivity index (χ4v) is 5.75. The fraction of sp³-hybridized carbons (Fsp3) is 0.280. The van der Waals surface area contributed by atoms with Crippen LogP contribution in [0.15, 0.2) is 45.4 Å². The molecule has 0 saturated heterocycles. The Morgan fingerprint density at radius 3 is 2.49 bits per heavy atom. The molecule has 1 aliphatic heterocycles. The highest BCUT2D eigenvalue weighted by Crippen LogP contribution is 2.44. The standard InChI is InChI=1S/C25H22BrCl2N3O5S/c1-4-36-22-16(27)8-13(9-17(22)28)20-15(10-29)24(31-23(33)21(20)25(34)35-3)37-11-19(32)30-18-6-5-14(26)7-12(18)2/h5-9,20-21H,4,11H2,1-3H3,(H,30,32)(H,31,33)/t20-,21+/m0/s1. The molecule has 2 aromatic carbocycles. The number of ether oxygens (including phenoxy) is 2. The van der Waals surface area contributed by atoms with E-state index in [-0.39, 0.29) is 38.1 Å². The van der Waals surface area contributed by atoms with Gasteiger partial charge in [0, 0.05) is 16.1 Å². The summed E-state index contributed by atoms with van der Waals surface area (Å²) in [5.74, 6) is -4.11. The lowest BCUT2D eigenvalue weighted by Gasteiger charge is -2.31. The van der Waals surface area contributed by atoms with Crippen LogP contribution in [0.1, 0.15) is 24.0 Å². The van der Waals surface area contributed by atoms with E-state index in [9.17, 15) is 19.6 Å². The number of thioether (sulfide) groups is 1. The van der Waals surface area contributed by atoms with E-state index in [2.05, 4.69) is 32.6 Å². The van der Waals surface area contributed by atoms with E-state index in [1.165, 1.54) is 12.1 Å². The molecule has 0 spiro atoms. The molecular formula is C25H22BrCl2N3O5S. The van der Waals surface area contributed by atoms with Crippen molar-refractivity contribution in [1.29, 1.82) is 5.26 Å². The Kier molecular flexibility index (Phi) is 9.90. The first-order valence-corrected chi connectivity index (χ1v) is 13.5. The van der Waals surface area contributed by atoms with Crippen LogP contribution < -0.4 is 15.4 Å². The number of allylic oxidation sites excluding steroid dienone is 1. The van der Waals surface area contributed by atoms with Crippen molar-refractivity contribution in [2.45, 2.75) is 19.8 Å². The van der Waals surface area contributed by atoms with Crippen LogP contribution in [0.2, 0.25) is 10.0 Å². The Morgan fingerprint density at radius 1 is 1.24 bits per heavy atom. The van der Waals surface area contributed by atoms with Gasteiger partial charge in [0.05, 0.1) is 46.2 Å². The van der Waals surface area contributed by atoms with Crippen LogP contribution in [-0.2, 0) is 19.1 Å². The highest BCUT2D eigenvalue weighted by molar-refractivity contribution is 9.10. The second kappa shape index (κ2) is 12.7. The number of benzene rings is 2. The zero-order valence-electron chi connectivity index (χ0n) is 20.0. The van der Waals surface area contributed by atoms with Crippen molar-refractivity contribution in [2.75, 3.05) is 24.8 Å². The van der Waals surface area contributed by atoms with Crippen molar-refractivity contribution in [3.05, 3.63) is 66.6 Å². The minimum atomic E-state index is -1.37. The molecule has 8 nitrogen and oxygen atoms in total. The molecule has 0 aliphatic carbocycles. The zero-order valence-corrected chi connectivity index (χ0v) is 23.9. The molecule has 0 unspecified atom stereocenters. The number of hydrogen-bond donors (Lipinski definition) is 2. The number of hydrogen-bond acceptors (Lipinski definition) is 7. The fourth-order valence-electron chi connectivity index (χ4n) is 3.81. The summed E-state index contributed by atoms with van der Waals surface area (Å²) in [5.41, 5.74) is 1.93. The van der Waals surface area contributed by atoms with Gasteiger partial charge >= 0.3 is 5.97 Å². The SMILES string of the molecule is CCOc1c(Cl)cc([C@H]2C(C#N)=C(SCC(=O)Nc3ccc(Br)cc3C)NC(=O)[C@@H]2C(=O)OC)cc1Cl. The highest BCUT2D eigenvalue weighted by atomic mass is 79.9. The second-order valence-electron chi connectivity index (χ2n) is 7.87. The number of aryl methyl sites for hydroxylation is 1. The van der Waals surface area contributed by atoms with E-state index in [1.54, 1.807) is 19.1 Å². The van der Waals surface area contributed by atoms with Crippen LogP contribution in [0.4, 0.5) is 5.69 Å². The van der Waals surface area contributed by atoms with Gasteiger partial charge in [-0.2, -0.15) is 5.26 Å². The molecule has 0 bridgehead atoms. The molecule has 3 rings (SSSR count). The first-order valence-electron chi connectivity index (χ1n) is 10.9. The highest BCUT2D eigenvalue weighted by Gasteiger charge is 2.44. The third kappa shape index (κ3) is 6.60. The molecule has 194 valence electrons.